The number of hydrogen-bond donors (Lipinski definition) is 1. The highest BCUT2D eigenvalue weighted by atomic mass is 19.1. The van der Waals surface area contributed by atoms with Crippen molar-refractivity contribution in [2.45, 2.75) is 50.8 Å². The zero-order valence-electron chi connectivity index (χ0n) is 15.3. The largest absolute Gasteiger partial charge is 0.481 e. The fourth-order valence-corrected chi connectivity index (χ4v) is 4.40. The van der Waals surface area contributed by atoms with Crippen molar-refractivity contribution < 1.29 is 9.13 Å². The third-order valence-corrected chi connectivity index (χ3v) is 5.72. The molecule has 0 aromatic heterocycles. The summed E-state index contributed by atoms with van der Waals surface area (Å²) in [5.74, 6) is 0.0470. The van der Waals surface area contributed by atoms with Crippen LogP contribution in [0.5, 0.6) is 5.75 Å². The molecule has 2 N–H and O–H groups in total. The van der Waals surface area contributed by atoms with Crippen LogP contribution in [0.4, 0.5) is 4.39 Å². The van der Waals surface area contributed by atoms with Crippen LogP contribution in [0, 0.1) is 12.7 Å². The van der Waals surface area contributed by atoms with Crippen molar-refractivity contribution in [3.8, 4) is 5.75 Å². The van der Waals surface area contributed by atoms with Crippen molar-refractivity contribution in [3.05, 3.63) is 65.0 Å². The molecule has 0 saturated carbocycles. The van der Waals surface area contributed by atoms with E-state index < -0.39 is 0 Å². The fraction of sp³-hybridized carbons (Fsp3) is 0.455. The predicted octanol–water partition coefficient (Wildman–Crippen LogP) is 3.99. The lowest BCUT2D eigenvalue weighted by atomic mass is 9.84. The van der Waals surface area contributed by atoms with E-state index in [0.29, 0.717) is 5.75 Å². The average Bonchev–Trinajstić information content (AvgIpc) is 2.65. The molecule has 3 atom stereocenters. The molecule has 2 aliphatic rings. The fourth-order valence-electron chi connectivity index (χ4n) is 4.40. The number of nitrogens with two attached hydrogens (primary N) is 1. The number of likely N-dealkylation sites (tertiary alicyclic amines) is 1. The minimum Gasteiger partial charge on any atom is -0.481 e. The number of piperidine rings is 1. The Bertz CT molecular complexity index is 778. The summed E-state index contributed by atoms with van der Waals surface area (Å²) in [6.07, 6.45) is 4.08. The molecule has 1 aliphatic carbocycles. The van der Waals surface area contributed by atoms with E-state index in [9.17, 15) is 4.39 Å². The van der Waals surface area contributed by atoms with Gasteiger partial charge < -0.3 is 10.5 Å². The maximum absolute atomic E-state index is 14.4. The molecule has 4 heteroatoms. The standard InChI is InChI=1S/C22H27FN2O/c1-15-8-10-19(23)21(13-15)26-22-18-7-3-2-5-16(18)9-11-20(22)25-12-4-6-17(24)14-25/h2-3,5,7-8,10,13,17,20,22H,4,6,9,11-12,14,24H2,1H3/t17-,20?,22?/m1/s1. The maximum Gasteiger partial charge on any atom is 0.165 e. The van der Waals surface area contributed by atoms with E-state index in [0.717, 1.165) is 44.3 Å². The van der Waals surface area contributed by atoms with E-state index >= 15 is 0 Å². The minimum atomic E-state index is -0.298. The first-order valence-corrected chi connectivity index (χ1v) is 9.62. The number of aryl methyl sites for hydroxylation is 2. The lowest BCUT2D eigenvalue weighted by molar-refractivity contribution is 0.0347. The van der Waals surface area contributed by atoms with Gasteiger partial charge in [0.25, 0.3) is 0 Å². The maximum atomic E-state index is 14.4. The van der Waals surface area contributed by atoms with Gasteiger partial charge in [-0.25, -0.2) is 4.39 Å². The van der Waals surface area contributed by atoms with Gasteiger partial charge in [-0.2, -0.15) is 0 Å². The second kappa shape index (κ2) is 7.37. The smallest absolute Gasteiger partial charge is 0.165 e. The molecule has 0 spiro atoms. The monoisotopic (exact) mass is 354 g/mol. The van der Waals surface area contributed by atoms with Gasteiger partial charge in [-0.1, -0.05) is 30.3 Å². The van der Waals surface area contributed by atoms with Crippen LogP contribution in [-0.2, 0) is 6.42 Å². The van der Waals surface area contributed by atoms with Crippen molar-refractivity contribution >= 4 is 0 Å². The molecule has 1 heterocycles. The molecular weight excluding hydrogens is 327 g/mol. The van der Waals surface area contributed by atoms with E-state index in [4.69, 9.17) is 10.5 Å². The second-order valence-electron chi connectivity index (χ2n) is 7.67. The third kappa shape index (κ3) is 3.49. The minimum absolute atomic E-state index is 0.165. The topological polar surface area (TPSA) is 38.5 Å². The normalized spacial score (nSPS) is 26.3. The van der Waals surface area contributed by atoms with Gasteiger partial charge >= 0.3 is 0 Å². The molecule has 0 radical (unpaired) electrons. The van der Waals surface area contributed by atoms with E-state index in [-0.39, 0.29) is 24.0 Å². The molecule has 4 rings (SSSR count). The van der Waals surface area contributed by atoms with Gasteiger partial charge in [-0.05, 0) is 68.0 Å². The molecule has 1 saturated heterocycles. The van der Waals surface area contributed by atoms with Crippen LogP contribution < -0.4 is 10.5 Å². The van der Waals surface area contributed by atoms with Gasteiger partial charge in [0.1, 0.15) is 6.10 Å². The Morgan fingerprint density at radius 3 is 2.85 bits per heavy atom. The van der Waals surface area contributed by atoms with E-state index in [2.05, 4.69) is 23.1 Å². The second-order valence-corrected chi connectivity index (χ2v) is 7.67. The van der Waals surface area contributed by atoms with E-state index in [1.165, 1.54) is 17.2 Å². The highest BCUT2D eigenvalue weighted by molar-refractivity contribution is 5.36. The summed E-state index contributed by atoms with van der Waals surface area (Å²) in [6.45, 7) is 3.89. The van der Waals surface area contributed by atoms with Gasteiger partial charge in [0, 0.05) is 12.6 Å². The summed E-state index contributed by atoms with van der Waals surface area (Å²) in [5, 5.41) is 0. The molecule has 0 bridgehead atoms. The Labute approximate surface area is 155 Å². The predicted molar refractivity (Wildman–Crippen MR) is 102 cm³/mol. The Morgan fingerprint density at radius 2 is 2.00 bits per heavy atom. The average molecular weight is 354 g/mol. The summed E-state index contributed by atoms with van der Waals surface area (Å²) in [5.41, 5.74) is 9.72. The highest BCUT2D eigenvalue weighted by Gasteiger charge is 2.37. The molecule has 1 aliphatic heterocycles. The molecule has 26 heavy (non-hydrogen) atoms. The zero-order valence-corrected chi connectivity index (χ0v) is 15.3. The summed E-state index contributed by atoms with van der Waals surface area (Å²) in [7, 11) is 0. The summed E-state index contributed by atoms with van der Waals surface area (Å²) < 4.78 is 20.7. The van der Waals surface area contributed by atoms with Crippen molar-refractivity contribution in [1.29, 1.82) is 0 Å². The van der Waals surface area contributed by atoms with Crippen LogP contribution in [0.25, 0.3) is 0 Å². The quantitative estimate of drug-likeness (QED) is 0.906. The molecule has 2 aromatic rings. The summed E-state index contributed by atoms with van der Waals surface area (Å²) >= 11 is 0. The highest BCUT2D eigenvalue weighted by Crippen LogP contribution is 2.38. The zero-order chi connectivity index (χ0) is 18.1. The van der Waals surface area contributed by atoms with Crippen LogP contribution in [-0.4, -0.2) is 30.1 Å². The van der Waals surface area contributed by atoms with Gasteiger partial charge in [0.2, 0.25) is 0 Å². The number of benzene rings is 2. The SMILES string of the molecule is Cc1ccc(F)c(OC2c3ccccc3CCC2N2CCC[C@@H](N)C2)c1. The van der Waals surface area contributed by atoms with Gasteiger partial charge in [-0.3, -0.25) is 4.90 Å². The number of halogens is 1. The van der Waals surface area contributed by atoms with Crippen molar-refractivity contribution in [2.75, 3.05) is 13.1 Å². The molecule has 2 aromatic carbocycles. The molecule has 3 nitrogen and oxygen atoms in total. The number of hydrogen-bond acceptors (Lipinski definition) is 3. The van der Waals surface area contributed by atoms with Crippen LogP contribution >= 0.6 is 0 Å². The number of ether oxygens (including phenoxy) is 1. The third-order valence-electron chi connectivity index (χ3n) is 5.72. The van der Waals surface area contributed by atoms with Crippen LogP contribution in [0.15, 0.2) is 42.5 Å². The van der Waals surface area contributed by atoms with Crippen LogP contribution in [0.3, 0.4) is 0 Å². The first-order chi connectivity index (χ1) is 12.6. The lowest BCUT2D eigenvalue weighted by Gasteiger charge is -2.43. The molecule has 138 valence electrons. The lowest BCUT2D eigenvalue weighted by Crippen LogP contribution is -2.51. The van der Waals surface area contributed by atoms with E-state index in [1.54, 1.807) is 12.1 Å². The summed E-state index contributed by atoms with van der Waals surface area (Å²) in [6, 6.07) is 13.9. The number of rotatable bonds is 3. The molecule has 1 fully saturated rings. The van der Waals surface area contributed by atoms with Crippen LogP contribution in [0.1, 0.15) is 42.1 Å². The Balaban J connectivity index is 1.68. The van der Waals surface area contributed by atoms with Gasteiger partial charge in [-0.15, -0.1) is 0 Å². The first-order valence-electron chi connectivity index (χ1n) is 9.62. The van der Waals surface area contributed by atoms with Crippen molar-refractivity contribution in [1.82, 2.24) is 4.90 Å². The Kier molecular flexibility index (Phi) is 4.96. The molecular formula is C22H27FN2O. The number of nitrogens with zero attached hydrogens (tertiary/aromatic N) is 1. The van der Waals surface area contributed by atoms with Crippen molar-refractivity contribution in [3.63, 3.8) is 0 Å². The Hall–Kier alpha value is -1.91. The van der Waals surface area contributed by atoms with Gasteiger partial charge in [0.15, 0.2) is 11.6 Å². The van der Waals surface area contributed by atoms with E-state index in [1.807, 2.05) is 13.0 Å². The Morgan fingerprint density at radius 1 is 1.15 bits per heavy atom. The molecule has 2 unspecified atom stereocenters. The molecule has 0 amide bonds. The van der Waals surface area contributed by atoms with Gasteiger partial charge in [0.05, 0.1) is 6.04 Å². The summed E-state index contributed by atoms with van der Waals surface area (Å²) in [4.78, 5) is 2.46. The van der Waals surface area contributed by atoms with Crippen LogP contribution in [0.2, 0.25) is 0 Å². The number of fused-ring (bicyclic) bond motifs is 1. The first kappa shape index (κ1) is 17.5. The van der Waals surface area contributed by atoms with Crippen molar-refractivity contribution in [2.24, 2.45) is 5.73 Å².